The summed E-state index contributed by atoms with van der Waals surface area (Å²) in [5, 5.41) is 6.35. The number of alkyl halides is 3. The van der Waals surface area contributed by atoms with Gasteiger partial charge in [0.05, 0.1) is 0 Å². The van der Waals surface area contributed by atoms with E-state index in [0.29, 0.717) is 11.8 Å². The number of hydrogen-bond acceptors (Lipinski definition) is 2. The molecule has 0 bridgehead atoms. The maximum Gasteiger partial charge on any atom is 0.435 e. The standard InChI is InChI=1S/C29H35F3N2OSi/c1-19(2)34-25(18-26(33-34)29(30,31)32)27-23-16-20(17-24(23)27)35-36(28(3,4)5,21-12-8-6-9-13-21)22-14-10-7-11-15-22/h6-15,18-20,23-24,27H,16-17H2,1-5H3/t20?,23-,24+,27?. The Morgan fingerprint density at radius 1 is 0.889 bits per heavy atom. The first-order chi connectivity index (χ1) is 16.9. The third kappa shape index (κ3) is 4.24. The first kappa shape index (κ1) is 25.3. The number of hydrogen-bond donors (Lipinski definition) is 0. The highest BCUT2D eigenvalue weighted by molar-refractivity contribution is 6.99. The van der Waals surface area contributed by atoms with Crippen molar-refractivity contribution in [3.05, 3.63) is 78.1 Å². The van der Waals surface area contributed by atoms with Crippen LogP contribution in [0.3, 0.4) is 0 Å². The fourth-order valence-corrected chi connectivity index (χ4v) is 11.2. The molecule has 1 aromatic heterocycles. The van der Waals surface area contributed by atoms with Gasteiger partial charge in [0.25, 0.3) is 8.32 Å². The molecule has 7 heteroatoms. The van der Waals surface area contributed by atoms with Crippen LogP contribution in [0.25, 0.3) is 0 Å². The molecule has 0 spiro atoms. The van der Waals surface area contributed by atoms with Crippen LogP contribution in [0.15, 0.2) is 66.7 Å². The zero-order chi connectivity index (χ0) is 25.9. The Morgan fingerprint density at radius 3 is 1.81 bits per heavy atom. The van der Waals surface area contributed by atoms with Crippen LogP contribution < -0.4 is 10.4 Å². The van der Waals surface area contributed by atoms with Crippen molar-refractivity contribution >= 4 is 18.7 Å². The number of rotatable bonds is 6. The molecular formula is C29H35F3N2OSi. The van der Waals surface area contributed by atoms with Crippen LogP contribution in [0.5, 0.6) is 0 Å². The Bertz CT molecular complexity index is 1150. The summed E-state index contributed by atoms with van der Waals surface area (Å²) in [7, 11) is -2.64. The lowest BCUT2D eigenvalue weighted by atomic mass is 10.1. The molecule has 2 aliphatic rings. The molecular weight excluding hydrogens is 477 g/mol. The van der Waals surface area contributed by atoms with E-state index in [1.807, 2.05) is 26.0 Å². The molecule has 0 N–H and O–H groups in total. The maximum absolute atomic E-state index is 13.4. The van der Waals surface area contributed by atoms with Crippen molar-refractivity contribution in [3.63, 3.8) is 0 Å². The van der Waals surface area contributed by atoms with E-state index in [1.54, 1.807) is 4.68 Å². The van der Waals surface area contributed by atoms with Crippen molar-refractivity contribution in [1.29, 1.82) is 0 Å². The molecule has 2 fully saturated rings. The van der Waals surface area contributed by atoms with Crippen molar-refractivity contribution in [1.82, 2.24) is 9.78 Å². The summed E-state index contributed by atoms with van der Waals surface area (Å²) in [5.41, 5.74) is -0.0486. The average molecular weight is 513 g/mol. The Labute approximate surface area is 212 Å². The molecule has 0 aliphatic heterocycles. The van der Waals surface area contributed by atoms with Crippen LogP contribution in [0.2, 0.25) is 5.04 Å². The van der Waals surface area contributed by atoms with E-state index in [0.717, 1.165) is 18.5 Å². The largest absolute Gasteiger partial charge is 0.435 e. The van der Waals surface area contributed by atoms with Crippen molar-refractivity contribution < 1.29 is 17.6 Å². The van der Waals surface area contributed by atoms with Gasteiger partial charge in [-0.05, 0) is 60.0 Å². The van der Waals surface area contributed by atoms with Gasteiger partial charge in [0, 0.05) is 23.8 Å². The molecule has 192 valence electrons. The number of benzene rings is 2. The number of aromatic nitrogens is 2. The first-order valence-electron chi connectivity index (χ1n) is 12.9. The van der Waals surface area contributed by atoms with Gasteiger partial charge in [-0.15, -0.1) is 0 Å². The Kier molecular flexibility index (Phi) is 6.23. The summed E-state index contributed by atoms with van der Waals surface area (Å²) in [6.07, 6.45) is -2.57. The molecule has 1 heterocycles. The van der Waals surface area contributed by atoms with Gasteiger partial charge in [-0.3, -0.25) is 4.68 Å². The van der Waals surface area contributed by atoms with Crippen LogP contribution in [-0.4, -0.2) is 24.2 Å². The minimum atomic E-state index is -4.42. The average Bonchev–Trinajstić information content (AvgIpc) is 3.16. The van der Waals surface area contributed by atoms with Gasteiger partial charge < -0.3 is 4.43 Å². The predicted molar refractivity (Wildman–Crippen MR) is 139 cm³/mol. The lowest BCUT2D eigenvalue weighted by Gasteiger charge is -2.45. The summed E-state index contributed by atoms with van der Waals surface area (Å²) < 4.78 is 49.1. The molecule has 36 heavy (non-hydrogen) atoms. The molecule has 2 aromatic carbocycles. The minimum Gasteiger partial charge on any atom is -0.404 e. The Morgan fingerprint density at radius 2 is 1.39 bits per heavy atom. The molecule has 2 aliphatic carbocycles. The third-order valence-electron chi connectivity index (χ3n) is 8.05. The van der Waals surface area contributed by atoms with E-state index in [1.165, 1.54) is 16.4 Å². The van der Waals surface area contributed by atoms with Crippen molar-refractivity contribution in [3.8, 4) is 0 Å². The van der Waals surface area contributed by atoms with E-state index < -0.39 is 20.2 Å². The molecule has 3 nitrogen and oxygen atoms in total. The van der Waals surface area contributed by atoms with E-state index >= 15 is 0 Å². The van der Waals surface area contributed by atoms with Gasteiger partial charge in [0.15, 0.2) is 5.69 Å². The first-order valence-corrected chi connectivity index (χ1v) is 14.8. The molecule has 4 atom stereocenters. The molecule has 0 amide bonds. The Balaban J connectivity index is 1.43. The molecule has 0 radical (unpaired) electrons. The zero-order valence-electron chi connectivity index (χ0n) is 21.6. The second-order valence-electron chi connectivity index (χ2n) is 11.7. The molecule has 0 saturated heterocycles. The van der Waals surface area contributed by atoms with Crippen molar-refractivity contribution in [2.45, 2.75) is 76.7 Å². The molecule has 2 unspecified atom stereocenters. The van der Waals surface area contributed by atoms with Gasteiger partial charge in [-0.2, -0.15) is 18.3 Å². The summed E-state index contributed by atoms with van der Waals surface area (Å²) in [5.74, 6) is 0.835. The molecule has 3 aromatic rings. The van der Waals surface area contributed by atoms with E-state index in [-0.39, 0.29) is 23.1 Å². The monoisotopic (exact) mass is 512 g/mol. The highest BCUT2D eigenvalue weighted by Crippen LogP contribution is 2.64. The number of halogens is 3. The fraction of sp³-hybridized carbons (Fsp3) is 0.483. The molecule has 2 saturated carbocycles. The predicted octanol–water partition coefficient (Wildman–Crippen LogP) is 6.55. The number of nitrogens with zero attached hydrogens (tertiary/aromatic N) is 2. The van der Waals surface area contributed by atoms with Crippen LogP contribution >= 0.6 is 0 Å². The second kappa shape index (κ2) is 8.87. The van der Waals surface area contributed by atoms with Crippen LogP contribution in [0.1, 0.15) is 70.8 Å². The lowest BCUT2D eigenvalue weighted by molar-refractivity contribution is -0.141. The topological polar surface area (TPSA) is 27.1 Å². The highest BCUT2D eigenvalue weighted by atomic mass is 28.4. The highest BCUT2D eigenvalue weighted by Gasteiger charge is 2.61. The third-order valence-corrected chi connectivity index (χ3v) is 13.1. The quantitative estimate of drug-likeness (QED) is 0.350. The van der Waals surface area contributed by atoms with Gasteiger partial charge in [-0.25, -0.2) is 0 Å². The number of fused-ring (bicyclic) bond motifs is 1. The van der Waals surface area contributed by atoms with E-state index in [9.17, 15) is 13.2 Å². The normalized spacial score (nSPS) is 24.2. The van der Waals surface area contributed by atoms with Gasteiger partial charge in [0.2, 0.25) is 0 Å². The summed E-state index contributed by atoms with van der Waals surface area (Å²) in [4.78, 5) is 0. The van der Waals surface area contributed by atoms with Gasteiger partial charge in [-0.1, -0.05) is 81.4 Å². The summed E-state index contributed by atoms with van der Waals surface area (Å²) >= 11 is 0. The van der Waals surface area contributed by atoms with Gasteiger partial charge in [0.1, 0.15) is 0 Å². The molecule has 5 rings (SSSR count). The maximum atomic E-state index is 13.4. The fourth-order valence-electron chi connectivity index (χ4n) is 6.48. The van der Waals surface area contributed by atoms with Crippen molar-refractivity contribution in [2.75, 3.05) is 0 Å². The van der Waals surface area contributed by atoms with Crippen LogP contribution in [-0.2, 0) is 10.6 Å². The van der Waals surface area contributed by atoms with Crippen molar-refractivity contribution in [2.24, 2.45) is 11.8 Å². The van der Waals surface area contributed by atoms with Gasteiger partial charge >= 0.3 is 6.18 Å². The van der Waals surface area contributed by atoms with Crippen LogP contribution in [0, 0.1) is 11.8 Å². The summed E-state index contributed by atoms with van der Waals surface area (Å²) in [6.45, 7) is 10.6. The lowest BCUT2D eigenvalue weighted by Crippen LogP contribution is -2.67. The Hall–Kier alpha value is -2.38. The summed E-state index contributed by atoms with van der Waals surface area (Å²) in [6, 6.07) is 22.4. The second-order valence-corrected chi connectivity index (χ2v) is 16.0. The van der Waals surface area contributed by atoms with Crippen LogP contribution in [0.4, 0.5) is 13.2 Å². The minimum absolute atomic E-state index is 0.0973. The zero-order valence-corrected chi connectivity index (χ0v) is 22.6. The smallest absolute Gasteiger partial charge is 0.404 e. The SMILES string of the molecule is CC(C)n1nc(C(F)(F)F)cc1C1[C@H]2CC(O[Si](c3ccccc3)(c3ccccc3)C(C)(C)C)C[C@@H]12. The van der Waals surface area contributed by atoms with E-state index in [4.69, 9.17) is 4.43 Å². The van der Waals surface area contributed by atoms with E-state index in [2.05, 4.69) is 74.4 Å².